The first-order valence-corrected chi connectivity index (χ1v) is 6.47. The fourth-order valence-corrected chi connectivity index (χ4v) is 1.95. The number of hydrogen-bond donors (Lipinski definition) is 1. The molecule has 0 aliphatic heterocycles. The minimum atomic E-state index is 0.124. The monoisotopic (exact) mass is 273 g/mol. The van der Waals surface area contributed by atoms with E-state index in [1.165, 1.54) is 7.11 Å². The number of para-hydroxylation sites is 1. The molecule has 0 saturated heterocycles. The Bertz CT molecular complexity index is 612. The van der Waals surface area contributed by atoms with Crippen molar-refractivity contribution in [2.75, 3.05) is 12.8 Å². The maximum absolute atomic E-state index is 5.91. The summed E-state index contributed by atoms with van der Waals surface area (Å²) in [5.41, 5.74) is 7.82. The first-order valence-electron chi connectivity index (χ1n) is 6.47. The van der Waals surface area contributed by atoms with Gasteiger partial charge in [-0.05, 0) is 24.0 Å². The number of nitrogens with two attached hydrogens (primary N) is 1. The second-order valence-corrected chi connectivity index (χ2v) is 4.86. The molecule has 20 heavy (non-hydrogen) atoms. The molecule has 0 amide bonds. The summed E-state index contributed by atoms with van der Waals surface area (Å²) in [6, 6.07) is 7.69. The van der Waals surface area contributed by atoms with Crippen molar-refractivity contribution >= 4 is 5.95 Å². The molecule has 0 radical (unpaired) electrons. The summed E-state index contributed by atoms with van der Waals surface area (Å²) in [7, 11) is 1.53. The minimum Gasteiger partial charge on any atom is -0.481 e. The van der Waals surface area contributed by atoms with Gasteiger partial charge in [-0.1, -0.05) is 32.0 Å². The van der Waals surface area contributed by atoms with Gasteiger partial charge in [-0.25, -0.2) is 0 Å². The van der Waals surface area contributed by atoms with Crippen molar-refractivity contribution in [3.05, 3.63) is 35.4 Å². The number of hydrogen-bond acceptors (Lipinski definition) is 5. The largest absolute Gasteiger partial charge is 0.481 e. The Labute approximate surface area is 118 Å². The van der Waals surface area contributed by atoms with Crippen LogP contribution in [-0.2, 0) is 0 Å². The third-order valence-corrected chi connectivity index (χ3v) is 2.98. The number of nitrogens with zero attached hydrogens (tertiary/aromatic N) is 2. The number of aryl methyl sites for hydroxylation is 1. The molecule has 0 aliphatic carbocycles. The summed E-state index contributed by atoms with van der Waals surface area (Å²) in [5.74, 6) is 2.05. The van der Waals surface area contributed by atoms with Gasteiger partial charge in [0, 0.05) is 0 Å². The molecule has 0 atom stereocenters. The van der Waals surface area contributed by atoms with Crippen molar-refractivity contribution in [3.63, 3.8) is 0 Å². The van der Waals surface area contributed by atoms with Gasteiger partial charge in [-0.15, -0.1) is 0 Å². The number of rotatable bonds is 4. The van der Waals surface area contributed by atoms with E-state index < -0.39 is 0 Å². The molecule has 1 heterocycles. The quantitative estimate of drug-likeness (QED) is 0.925. The number of methoxy groups -OCH3 is 1. The molecule has 106 valence electrons. The van der Waals surface area contributed by atoms with E-state index in [4.69, 9.17) is 15.2 Å². The van der Waals surface area contributed by atoms with Crippen LogP contribution in [0.3, 0.4) is 0 Å². The Morgan fingerprint density at radius 2 is 1.85 bits per heavy atom. The maximum atomic E-state index is 5.91. The SMILES string of the molecule is COc1cc(Oc2c(C)cccc2C(C)C)nc(N)n1. The van der Waals surface area contributed by atoms with Crippen molar-refractivity contribution in [2.45, 2.75) is 26.7 Å². The Hall–Kier alpha value is -2.30. The predicted molar refractivity (Wildman–Crippen MR) is 78.3 cm³/mol. The molecule has 0 bridgehead atoms. The first kappa shape index (κ1) is 14.1. The van der Waals surface area contributed by atoms with Gasteiger partial charge in [-0.3, -0.25) is 0 Å². The topological polar surface area (TPSA) is 70.3 Å². The zero-order chi connectivity index (χ0) is 14.7. The Morgan fingerprint density at radius 3 is 2.50 bits per heavy atom. The highest BCUT2D eigenvalue weighted by Gasteiger charge is 2.13. The van der Waals surface area contributed by atoms with Gasteiger partial charge >= 0.3 is 0 Å². The molecule has 1 aromatic heterocycles. The van der Waals surface area contributed by atoms with Crippen LogP contribution in [0.15, 0.2) is 24.3 Å². The molecule has 2 N–H and O–H groups in total. The second-order valence-electron chi connectivity index (χ2n) is 4.86. The van der Waals surface area contributed by atoms with E-state index in [0.717, 1.165) is 16.9 Å². The second kappa shape index (κ2) is 5.77. The minimum absolute atomic E-state index is 0.124. The van der Waals surface area contributed by atoms with Crippen LogP contribution in [0.1, 0.15) is 30.9 Å². The Morgan fingerprint density at radius 1 is 1.15 bits per heavy atom. The van der Waals surface area contributed by atoms with Gasteiger partial charge < -0.3 is 15.2 Å². The molecule has 5 nitrogen and oxygen atoms in total. The van der Waals surface area contributed by atoms with Crippen LogP contribution in [0.25, 0.3) is 0 Å². The molecular weight excluding hydrogens is 254 g/mol. The van der Waals surface area contributed by atoms with Crippen LogP contribution >= 0.6 is 0 Å². The van der Waals surface area contributed by atoms with Gasteiger partial charge in [0.2, 0.25) is 17.7 Å². The van der Waals surface area contributed by atoms with Gasteiger partial charge in [0.05, 0.1) is 13.2 Å². The first-order chi connectivity index (χ1) is 9.51. The van der Waals surface area contributed by atoms with E-state index in [0.29, 0.717) is 17.7 Å². The average molecular weight is 273 g/mol. The van der Waals surface area contributed by atoms with Crippen molar-refractivity contribution in [2.24, 2.45) is 0 Å². The van der Waals surface area contributed by atoms with Gasteiger partial charge in [0.15, 0.2) is 0 Å². The molecule has 2 aromatic rings. The van der Waals surface area contributed by atoms with Gasteiger partial charge in [-0.2, -0.15) is 9.97 Å². The molecule has 0 saturated carbocycles. The Kier molecular flexibility index (Phi) is 4.08. The summed E-state index contributed by atoms with van der Waals surface area (Å²) < 4.78 is 11.0. The molecule has 0 spiro atoms. The smallest absolute Gasteiger partial charge is 0.227 e. The van der Waals surface area contributed by atoms with Crippen molar-refractivity contribution < 1.29 is 9.47 Å². The number of nitrogen functional groups attached to an aromatic ring is 1. The molecule has 2 rings (SSSR count). The number of ether oxygens (including phenoxy) is 2. The summed E-state index contributed by atoms with van der Waals surface area (Å²) in [6.07, 6.45) is 0. The Balaban J connectivity index is 2.42. The summed E-state index contributed by atoms with van der Waals surface area (Å²) >= 11 is 0. The average Bonchev–Trinajstić information content (AvgIpc) is 2.40. The lowest BCUT2D eigenvalue weighted by Crippen LogP contribution is -2.02. The maximum Gasteiger partial charge on any atom is 0.227 e. The summed E-state index contributed by atoms with van der Waals surface area (Å²) in [4.78, 5) is 8.02. The van der Waals surface area contributed by atoms with E-state index in [2.05, 4.69) is 29.9 Å². The third-order valence-electron chi connectivity index (χ3n) is 2.98. The van der Waals surface area contributed by atoms with E-state index in [9.17, 15) is 0 Å². The van der Waals surface area contributed by atoms with E-state index >= 15 is 0 Å². The lowest BCUT2D eigenvalue weighted by Gasteiger charge is -2.15. The van der Waals surface area contributed by atoms with Gasteiger partial charge in [0.1, 0.15) is 5.75 Å². The molecule has 0 unspecified atom stereocenters. The highest BCUT2D eigenvalue weighted by molar-refractivity contribution is 5.45. The van der Waals surface area contributed by atoms with Crippen LogP contribution in [0, 0.1) is 6.92 Å². The van der Waals surface area contributed by atoms with Crippen molar-refractivity contribution in [3.8, 4) is 17.5 Å². The summed E-state index contributed by atoms with van der Waals surface area (Å²) in [5, 5.41) is 0. The normalized spacial score (nSPS) is 10.7. The zero-order valence-electron chi connectivity index (χ0n) is 12.2. The van der Waals surface area contributed by atoms with E-state index in [-0.39, 0.29) is 5.95 Å². The van der Waals surface area contributed by atoms with Crippen LogP contribution in [0.2, 0.25) is 0 Å². The lowest BCUT2D eigenvalue weighted by molar-refractivity contribution is 0.388. The fraction of sp³-hybridized carbons (Fsp3) is 0.333. The molecule has 5 heteroatoms. The standard InChI is InChI=1S/C15H19N3O2/c1-9(2)11-7-5-6-10(3)14(11)20-13-8-12(19-4)17-15(16)18-13/h5-9H,1-4H3,(H2,16,17,18). The fourth-order valence-electron chi connectivity index (χ4n) is 1.95. The highest BCUT2D eigenvalue weighted by Crippen LogP contribution is 2.33. The van der Waals surface area contributed by atoms with Crippen LogP contribution in [-0.4, -0.2) is 17.1 Å². The molecular formula is C15H19N3O2. The molecule has 0 aliphatic rings. The van der Waals surface area contributed by atoms with Crippen LogP contribution in [0.5, 0.6) is 17.5 Å². The van der Waals surface area contributed by atoms with E-state index in [1.807, 2.05) is 19.1 Å². The number of aromatic nitrogens is 2. The molecule has 1 aromatic carbocycles. The van der Waals surface area contributed by atoms with E-state index in [1.54, 1.807) is 6.07 Å². The predicted octanol–water partition coefficient (Wildman–Crippen LogP) is 3.29. The van der Waals surface area contributed by atoms with Crippen molar-refractivity contribution in [1.82, 2.24) is 9.97 Å². The summed E-state index contributed by atoms with van der Waals surface area (Å²) in [6.45, 7) is 6.25. The molecule has 0 fully saturated rings. The number of benzene rings is 1. The lowest BCUT2D eigenvalue weighted by atomic mass is 10.00. The van der Waals surface area contributed by atoms with Crippen LogP contribution < -0.4 is 15.2 Å². The van der Waals surface area contributed by atoms with Crippen molar-refractivity contribution in [1.29, 1.82) is 0 Å². The third kappa shape index (κ3) is 2.99. The number of anilines is 1. The van der Waals surface area contributed by atoms with Crippen LogP contribution in [0.4, 0.5) is 5.95 Å². The van der Waals surface area contributed by atoms with Gasteiger partial charge in [0.25, 0.3) is 0 Å². The highest BCUT2D eigenvalue weighted by atomic mass is 16.5. The zero-order valence-corrected chi connectivity index (χ0v) is 12.2.